The van der Waals surface area contributed by atoms with Crippen molar-refractivity contribution in [1.29, 1.82) is 0 Å². The van der Waals surface area contributed by atoms with Crippen molar-refractivity contribution < 1.29 is 39.1 Å². The van der Waals surface area contributed by atoms with Gasteiger partial charge < -0.3 is 19.8 Å². The van der Waals surface area contributed by atoms with Crippen molar-refractivity contribution in [1.82, 2.24) is 0 Å². The van der Waals surface area contributed by atoms with E-state index >= 15 is 0 Å². The monoisotopic (exact) mass is 588 g/mol. The molecule has 0 saturated heterocycles. The summed E-state index contributed by atoms with van der Waals surface area (Å²) in [6, 6.07) is 35.2. The van der Waals surface area contributed by atoms with Crippen LogP contribution < -0.4 is 9.62 Å². The van der Waals surface area contributed by atoms with Crippen LogP contribution in [0.4, 0.5) is 0 Å². The van der Waals surface area contributed by atoms with Crippen LogP contribution in [-0.2, 0) is 24.3 Å². The van der Waals surface area contributed by atoms with Crippen molar-refractivity contribution in [3.05, 3.63) is 166 Å². The third kappa shape index (κ3) is 7.76. The minimum absolute atomic E-state index is 0.0571. The highest BCUT2D eigenvalue weighted by molar-refractivity contribution is 6.03. The quantitative estimate of drug-likeness (QED) is 0.0692. The van der Waals surface area contributed by atoms with Gasteiger partial charge in [0.05, 0.1) is 16.7 Å². The van der Waals surface area contributed by atoms with Crippen LogP contribution in [-0.4, -0.2) is 28.1 Å². The Morgan fingerprint density at radius 1 is 0.523 bits per heavy atom. The van der Waals surface area contributed by atoms with Crippen molar-refractivity contribution in [3.63, 3.8) is 0 Å². The molecule has 0 heterocycles. The van der Waals surface area contributed by atoms with Crippen LogP contribution in [0, 0.1) is 0 Å². The molecule has 8 heteroatoms. The second-order valence-corrected chi connectivity index (χ2v) is 10.0. The molecule has 44 heavy (non-hydrogen) atoms. The SMILES string of the molecule is O=C(O)c1ccc(Cc2ccccc2)cc1COOc1ccc(OC(=O)c2cc(Cc3ccccc3)ccc2C(=O)O)cc1. The van der Waals surface area contributed by atoms with Crippen LogP contribution in [0.15, 0.2) is 121 Å². The number of carboxylic acids is 2. The minimum Gasteiger partial charge on any atom is -0.478 e. The van der Waals surface area contributed by atoms with E-state index in [1.54, 1.807) is 24.3 Å². The molecule has 0 aliphatic rings. The summed E-state index contributed by atoms with van der Waals surface area (Å²) in [6.07, 6.45) is 1.17. The maximum Gasteiger partial charge on any atom is 0.344 e. The van der Waals surface area contributed by atoms with Gasteiger partial charge in [0.15, 0.2) is 5.75 Å². The normalized spacial score (nSPS) is 10.6. The molecule has 0 fully saturated rings. The summed E-state index contributed by atoms with van der Waals surface area (Å²) < 4.78 is 5.47. The predicted molar refractivity (Wildman–Crippen MR) is 162 cm³/mol. The number of carboxylic acid groups (broad SMARTS) is 2. The van der Waals surface area contributed by atoms with Crippen molar-refractivity contribution >= 4 is 17.9 Å². The first-order valence-corrected chi connectivity index (χ1v) is 13.8. The van der Waals surface area contributed by atoms with E-state index in [0.29, 0.717) is 18.4 Å². The Bertz CT molecular complexity index is 1760. The summed E-state index contributed by atoms with van der Waals surface area (Å²) in [4.78, 5) is 47.2. The Morgan fingerprint density at radius 3 is 1.61 bits per heavy atom. The Kier molecular flexibility index (Phi) is 9.44. The maximum atomic E-state index is 13.0. The van der Waals surface area contributed by atoms with Crippen LogP contribution in [0.25, 0.3) is 0 Å². The maximum absolute atomic E-state index is 13.0. The molecule has 0 aliphatic carbocycles. The molecule has 5 aromatic carbocycles. The van der Waals surface area contributed by atoms with E-state index in [4.69, 9.17) is 14.5 Å². The zero-order valence-electron chi connectivity index (χ0n) is 23.5. The van der Waals surface area contributed by atoms with Gasteiger partial charge in [0, 0.05) is 0 Å². The van der Waals surface area contributed by atoms with Gasteiger partial charge in [-0.25, -0.2) is 14.4 Å². The molecule has 0 radical (unpaired) electrons. The van der Waals surface area contributed by atoms with Crippen LogP contribution >= 0.6 is 0 Å². The summed E-state index contributed by atoms with van der Waals surface area (Å²) in [5.74, 6) is -2.65. The Balaban J connectivity index is 1.22. The fourth-order valence-electron chi connectivity index (χ4n) is 4.69. The van der Waals surface area contributed by atoms with Crippen LogP contribution in [0.3, 0.4) is 0 Å². The number of carbonyl (C=O) groups is 3. The van der Waals surface area contributed by atoms with Gasteiger partial charge >= 0.3 is 17.9 Å². The molecular weight excluding hydrogens is 560 g/mol. The smallest absolute Gasteiger partial charge is 0.344 e. The van der Waals surface area contributed by atoms with Crippen molar-refractivity contribution in [3.8, 4) is 11.5 Å². The molecule has 0 spiro atoms. The van der Waals surface area contributed by atoms with Crippen LogP contribution in [0.2, 0.25) is 0 Å². The van der Waals surface area contributed by atoms with E-state index in [0.717, 1.165) is 22.3 Å². The highest BCUT2D eigenvalue weighted by Crippen LogP contribution is 2.23. The fraction of sp³-hybridized carbons (Fsp3) is 0.0833. The summed E-state index contributed by atoms with van der Waals surface area (Å²) in [7, 11) is 0. The second-order valence-electron chi connectivity index (χ2n) is 10.0. The number of carbonyl (C=O) groups excluding carboxylic acids is 1. The molecule has 0 unspecified atom stereocenters. The standard InChI is InChI=1S/C36H28O8/c37-34(38)31-17-11-26(19-24-7-3-1-4-8-24)21-28(31)23-42-44-30-15-13-29(14-16-30)43-36(41)33-22-27(12-18-32(33)35(39)40)20-25-9-5-2-6-10-25/h1-18,21-22H,19-20,23H2,(H,37,38)(H,39,40). The average Bonchev–Trinajstić information content (AvgIpc) is 3.03. The van der Waals surface area contributed by atoms with E-state index in [-0.39, 0.29) is 34.8 Å². The molecule has 5 aromatic rings. The van der Waals surface area contributed by atoms with Gasteiger partial charge in [0.2, 0.25) is 0 Å². The summed E-state index contributed by atoms with van der Waals surface area (Å²) in [5.41, 5.74) is 4.17. The highest BCUT2D eigenvalue weighted by atomic mass is 17.2. The van der Waals surface area contributed by atoms with Gasteiger partial charge in [-0.2, -0.15) is 4.89 Å². The number of hydrogen-bond donors (Lipinski definition) is 2. The Morgan fingerprint density at radius 2 is 1.05 bits per heavy atom. The molecule has 0 aromatic heterocycles. The molecule has 0 atom stereocenters. The highest BCUT2D eigenvalue weighted by Gasteiger charge is 2.20. The number of rotatable bonds is 12. The molecular formula is C36H28O8. The number of esters is 1. The zero-order valence-corrected chi connectivity index (χ0v) is 23.5. The van der Waals surface area contributed by atoms with Crippen molar-refractivity contribution in [2.45, 2.75) is 19.4 Å². The van der Waals surface area contributed by atoms with E-state index in [1.807, 2.05) is 60.7 Å². The lowest BCUT2D eigenvalue weighted by molar-refractivity contribution is -0.217. The lowest BCUT2D eigenvalue weighted by Gasteiger charge is -2.11. The topological polar surface area (TPSA) is 119 Å². The number of hydrogen-bond acceptors (Lipinski definition) is 6. The van der Waals surface area contributed by atoms with Crippen LogP contribution in [0.5, 0.6) is 11.5 Å². The average molecular weight is 589 g/mol. The van der Waals surface area contributed by atoms with Gasteiger partial charge in [0.1, 0.15) is 12.4 Å². The summed E-state index contributed by atoms with van der Waals surface area (Å²) in [6.45, 7) is -0.113. The molecule has 0 bridgehead atoms. The number of ether oxygens (including phenoxy) is 1. The van der Waals surface area contributed by atoms with Gasteiger partial charge in [0.25, 0.3) is 0 Å². The molecule has 220 valence electrons. The number of benzene rings is 5. The summed E-state index contributed by atoms with van der Waals surface area (Å²) in [5, 5.41) is 19.2. The first kappa shape index (κ1) is 29.8. The third-order valence-electron chi connectivity index (χ3n) is 6.84. The van der Waals surface area contributed by atoms with E-state index < -0.39 is 17.9 Å². The summed E-state index contributed by atoms with van der Waals surface area (Å²) >= 11 is 0. The largest absolute Gasteiger partial charge is 0.478 e. The first-order valence-electron chi connectivity index (χ1n) is 13.8. The van der Waals surface area contributed by atoms with Crippen LogP contribution in [0.1, 0.15) is 58.9 Å². The minimum atomic E-state index is -1.24. The van der Waals surface area contributed by atoms with Crippen molar-refractivity contribution in [2.75, 3.05) is 0 Å². The molecule has 8 nitrogen and oxygen atoms in total. The van der Waals surface area contributed by atoms with Gasteiger partial charge in [-0.1, -0.05) is 78.9 Å². The second kappa shape index (κ2) is 14.0. The molecule has 2 N–H and O–H groups in total. The zero-order chi connectivity index (χ0) is 30.9. The molecule has 0 aliphatic heterocycles. The van der Waals surface area contributed by atoms with Gasteiger partial charge in [-0.05, 0) is 83.1 Å². The Labute approximate surface area is 253 Å². The third-order valence-corrected chi connectivity index (χ3v) is 6.84. The van der Waals surface area contributed by atoms with Gasteiger partial charge in [-0.3, -0.25) is 0 Å². The lowest BCUT2D eigenvalue weighted by Crippen LogP contribution is -2.15. The van der Waals surface area contributed by atoms with E-state index in [2.05, 4.69) is 0 Å². The lowest BCUT2D eigenvalue weighted by atomic mass is 9.99. The van der Waals surface area contributed by atoms with Gasteiger partial charge in [-0.15, -0.1) is 0 Å². The predicted octanol–water partition coefficient (Wildman–Crippen LogP) is 6.99. The number of aromatic carboxylic acids is 2. The molecule has 0 saturated carbocycles. The van der Waals surface area contributed by atoms with Crippen molar-refractivity contribution in [2.24, 2.45) is 0 Å². The molecule has 5 rings (SSSR count). The van der Waals surface area contributed by atoms with E-state index in [1.165, 1.54) is 36.4 Å². The Hall–Kier alpha value is -5.73. The molecule has 0 amide bonds. The first-order chi connectivity index (χ1) is 21.4. The fourth-order valence-corrected chi connectivity index (χ4v) is 4.69. The van der Waals surface area contributed by atoms with E-state index in [9.17, 15) is 24.6 Å².